The molecule has 0 saturated carbocycles. The Kier molecular flexibility index (Phi) is 9.67. The normalized spacial score (nSPS) is 12.1. The second-order valence-corrected chi connectivity index (χ2v) is 10.5. The quantitative estimate of drug-likeness (QED) is 0.264. The first-order valence-electron chi connectivity index (χ1n) is 13.1. The molecule has 3 aromatic rings. The number of carbonyl (C=O) groups is 1. The van der Waals surface area contributed by atoms with E-state index in [2.05, 4.69) is 44.8 Å². The molecule has 0 aliphatic heterocycles. The molecular weight excluding hydrogens is 486 g/mol. The van der Waals surface area contributed by atoms with Gasteiger partial charge in [-0.2, -0.15) is 0 Å². The van der Waals surface area contributed by atoms with Crippen molar-refractivity contribution < 1.29 is 28.4 Å². The first-order chi connectivity index (χ1) is 18.0. The van der Waals surface area contributed by atoms with Gasteiger partial charge in [-0.3, -0.25) is 10.5 Å². The lowest BCUT2D eigenvalue weighted by molar-refractivity contribution is -0.723. The van der Waals surface area contributed by atoms with E-state index in [1.54, 1.807) is 20.3 Å². The molecule has 3 rings (SSSR count). The SMILES string of the molecule is CCC(CC)Oc1cc(C)c2n[n+](CC(=O)c3cc(OC(COC)COC)cc(C(C)(C)C)c3)c(N)n2n1. The zero-order chi connectivity index (χ0) is 28.0. The molecule has 10 heteroatoms. The van der Waals surface area contributed by atoms with Crippen molar-refractivity contribution in [2.24, 2.45) is 0 Å². The average Bonchev–Trinajstić information content (AvgIpc) is 3.17. The third-order valence-electron chi connectivity index (χ3n) is 6.38. The third kappa shape index (κ3) is 6.99. The topological polar surface area (TPSA) is 114 Å². The van der Waals surface area contributed by atoms with Crippen molar-refractivity contribution in [3.05, 3.63) is 41.0 Å². The van der Waals surface area contributed by atoms with Crippen LogP contribution in [0.4, 0.5) is 5.95 Å². The molecule has 2 N–H and O–H groups in total. The van der Waals surface area contributed by atoms with Crippen molar-refractivity contribution in [1.29, 1.82) is 0 Å². The molecule has 38 heavy (non-hydrogen) atoms. The summed E-state index contributed by atoms with van der Waals surface area (Å²) in [6.45, 7) is 13.0. The Bertz CT molecular complexity index is 1240. The summed E-state index contributed by atoms with van der Waals surface area (Å²) < 4.78 is 25.7. The van der Waals surface area contributed by atoms with Crippen LogP contribution in [0.25, 0.3) is 5.65 Å². The highest BCUT2D eigenvalue weighted by Crippen LogP contribution is 2.29. The number of ketones is 1. The number of nitrogens with zero attached hydrogens (tertiary/aromatic N) is 4. The summed E-state index contributed by atoms with van der Waals surface area (Å²) in [6, 6.07) is 7.44. The molecule has 208 valence electrons. The monoisotopic (exact) mass is 528 g/mol. The molecule has 0 aliphatic carbocycles. The number of hydrogen-bond donors (Lipinski definition) is 1. The summed E-state index contributed by atoms with van der Waals surface area (Å²) in [5, 5.41) is 9.11. The number of anilines is 1. The van der Waals surface area contributed by atoms with Crippen LogP contribution in [0.3, 0.4) is 0 Å². The van der Waals surface area contributed by atoms with Gasteiger partial charge in [-0.15, -0.1) is 4.68 Å². The van der Waals surface area contributed by atoms with Crippen molar-refractivity contribution in [3.8, 4) is 11.6 Å². The molecule has 1 aromatic carbocycles. The molecule has 2 aromatic heterocycles. The number of benzene rings is 1. The van der Waals surface area contributed by atoms with Crippen LogP contribution in [-0.4, -0.2) is 60.1 Å². The molecule has 0 radical (unpaired) electrons. The van der Waals surface area contributed by atoms with E-state index >= 15 is 0 Å². The smallest absolute Gasteiger partial charge is 0.401 e. The molecule has 0 aliphatic rings. The fourth-order valence-corrected chi connectivity index (χ4v) is 4.12. The van der Waals surface area contributed by atoms with Gasteiger partial charge in [-0.05, 0) is 48.9 Å². The molecule has 0 atom stereocenters. The van der Waals surface area contributed by atoms with Crippen LogP contribution in [0.2, 0.25) is 0 Å². The standard InChI is InChI=1S/C28H41N5O5/c1-9-21(10-2)38-25-11-18(3)26-31-32(27(29)33(26)30-25)15-24(34)19-12-20(28(4,5)6)14-22(13-19)37-23(16-35-7)17-36-8/h11-14,21,23,29H,9-10,15-17H2,1-8H3/p+1. The first kappa shape index (κ1) is 29.3. The van der Waals surface area contributed by atoms with E-state index in [1.165, 1.54) is 9.20 Å². The predicted octanol–water partition coefficient (Wildman–Crippen LogP) is 3.70. The van der Waals surface area contributed by atoms with Crippen LogP contribution in [0, 0.1) is 6.92 Å². The second kappa shape index (κ2) is 12.5. The van der Waals surface area contributed by atoms with Crippen LogP contribution in [0.1, 0.15) is 68.9 Å². The average molecular weight is 529 g/mol. The number of rotatable bonds is 13. The lowest BCUT2D eigenvalue weighted by Gasteiger charge is -2.23. The highest BCUT2D eigenvalue weighted by atomic mass is 16.6. The highest BCUT2D eigenvalue weighted by Gasteiger charge is 2.25. The summed E-state index contributed by atoms with van der Waals surface area (Å²) in [7, 11) is 3.22. The van der Waals surface area contributed by atoms with Gasteiger partial charge in [0.25, 0.3) is 5.65 Å². The summed E-state index contributed by atoms with van der Waals surface area (Å²) in [6.07, 6.45) is 1.51. The maximum Gasteiger partial charge on any atom is 0.401 e. The molecule has 0 spiro atoms. The minimum Gasteiger partial charge on any atom is -0.486 e. The van der Waals surface area contributed by atoms with Gasteiger partial charge in [0, 0.05) is 31.4 Å². The van der Waals surface area contributed by atoms with Gasteiger partial charge >= 0.3 is 5.95 Å². The summed E-state index contributed by atoms with van der Waals surface area (Å²) in [4.78, 5) is 13.5. The van der Waals surface area contributed by atoms with Crippen molar-refractivity contribution in [2.75, 3.05) is 33.2 Å². The van der Waals surface area contributed by atoms with Crippen LogP contribution in [0.5, 0.6) is 11.6 Å². The number of aromatic nitrogens is 4. The number of hydrogen-bond acceptors (Lipinski definition) is 8. The van der Waals surface area contributed by atoms with E-state index < -0.39 is 0 Å². The van der Waals surface area contributed by atoms with Crippen molar-refractivity contribution in [1.82, 2.24) is 14.7 Å². The Morgan fingerprint density at radius 3 is 2.26 bits per heavy atom. The predicted molar refractivity (Wildman–Crippen MR) is 145 cm³/mol. The molecule has 0 unspecified atom stereocenters. The number of methoxy groups -OCH3 is 2. The van der Waals surface area contributed by atoms with Crippen molar-refractivity contribution >= 4 is 17.4 Å². The second-order valence-electron chi connectivity index (χ2n) is 10.5. The van der Waals surface area contributed by atoms with Crippen LogP contribution < -0.4 is 19.9 Å². The molecule has 0 amide bonds. The zero-order valence-electron chi connectivity index (χ0n) is 23.9. The van der Waals surface area contributed by atoms with Crippen LogP contribution in [-0.2, 0) is 21.4 Å². The molecule has 0 saturated heterocycles. The lowest BCUT2D eigenvalue weighted by atomic mass is 9.85. The van der Waals surface area contributed by atoms with Gasteiger partial charge < -0.3 is 18.9 Å². The third-order valence-corrected chi connectivity index (χ3v) is 6.38. The Labute approximate surface area is 225 Å². The number of nitrogens with two attached hydrogens (primary N) is 1. The Hall–Kier alpha value is -3.24. The summed E-state index contributed by atoms with van der Waals surface area (Å²) in [5.74, 6) is 1.15. The van der Waals surface area contributed by atoms with Gasteiger partial charge in [0.15, 0.2) is 12.3 Å². The molecule has 10 nitrogen and oxygen atoms in total. The van der Waals surface area contributed by atoms with Gasteiger partial charge in [0.05, 0.1) is 13.2 Å². The number of Topliss-reactive ketones (excluding diaryl/α,β-unsaturated/α-hetero) is 1. The Balaban J connectivity index is 1.94. The van der Waals surface area contributed by atoms with Crippen LogP contribution >= 0.6 is 0 Å². The molecule has 0 fully saturated rings. The van der Waals surface area contributed by atoms with Gasteiger partial charge in [0.1, 0.15) is 18.0 Å². The minimum atomic E-state index is -0.308. The maximum atomic E-state index is 13.5. The van der Waals surface area contributed by atoms with Crippen molar-refractivity contribution in [3.63, 3.8) is 0 Å². The van der Waals surface area contributed by atoms with Gasteiger partial charge in [0.2, 0.25) is 5.88 Å². The summed E-state index contributed by atoms with van der Waals surface area (Å²) in [5.41, 5.74) is 9.10. The van der Waals surface area contributed by atoms with Gasteiger partial charge in [-0.1, -0.05) is 49.3 Å². The number of ether oxygens (including phenoxy) is 4. The lowest BCUT2D eigenvalue weighted by Crippen LogP contribution is -2.42. The number of nitrogen functional groups attached to an aromatic ring is 1. The fraction of sp³-hybridized carbons (Fsp3) is 0.571. The zero-order valence-corrected chi connectivity index (χ0v) is 23.9. The van der Waals surface area contributed by atoms with Crippen molar-refractivity contribution in [2.45, 2.75) is 78.6 Å². The fourth-order valence-electron chi connectivity index (χ4n) is 4.12. The van der Waals surface area contributed by atoms with E-state index in [0.717, 1.165) is 24.0 Å². The maximum absolute atomic E-state index is 13.5. The Morgan fingerprint density at radius 2 is 1.68 bits per heavy atom. The van der Waals surface area contributed by atoms with E-state index in [1.807, 2.05) is 25.1 Å². The highest BCUT2D eigenvalue weighted by molar-refractivity contribution is 5.95. The molecule has 0 bridgehead atoms. The van der Waals surface area contributed by atoms with E-state index in [9.17, 15) is 4.79 Å². The van der Waals surface area contributed by atoms with Crippen LogP contribution in [0.15, 0.2) is 24.3 Å². The minimum absolute atomic E-state index is 0.0516. The van der Waals surface area contributed by atoms with E-state index in [-0.39, 0.29) is 35.9 Å². The summed E-state index contributed by atoms with van der Waals surface area (Å²) >= 11 is 0. The largest absolute Gasteiger partial charge is 0.486 e. The number of fused-ring (bicyclic) bond motifs is 1. The first-order valence-corrected chi connectivity index (χ1v) is 13.1. The molecule has 2 heterocycles. The molecular formula is C28H42N5O5+. The van der Waals surface area contributed by atoms with E-state index in [4.69, 9.17) is 24.7 Å². The Morgan fingerprint density at radius 1 is 1.03 bits per heavy atom. The van der Waals surface area contributed by atoms with E-state index in [0.29, 0.717) is 36.1 Å². The van der Waals surface area contributed by atoms with Gasteiger partial charge in [-0.25, -0.2) is 0 Å². The number of aryl methyl sites for hydroxylation is 1. The number of carbonyl (C=O) groups excluding carboxylic acids is 1.